The van der Waals surface area contributed by atoms with Crippen LogP contribution in [-0.2, 0) is 9.59 Å². The van der Waals surface area contributed by atoms with Crippen LogP contribution >= 0.6 is 0 Å². The Balaban J connectivity index is 1.50. The first-order valence-electron chi connectivity index (χ1n) is 9.20. The molecule has 1 aromatic carbocycles. The van der Waals surface area contributed by atoms with Crippen LogP contribution in [0.15, 0.2) is 36.5 Å². The van der Waals surface area contributed by atoms with Crippen LogP contribution in [0.2, 0.25) is 0 Å². The molecule has 3 aromatic rings. The average molecular weight is 379 g/mol. The molecule has 0 saturated carbocycles. The highest BCUT2D eigenvalue weighted by molar-refractivity contribution is 6.04. The van der Waals surface area contributed by atoms with Crippen molar-refractivity contribution in [2.24, 2.45) is 5.92 Å². The second kappa shape index (κ2) is 7.30. The van der Waals surface area contributed by atoms with E-state index < -0.39 is 5.92 Å². The van der Waals surface area contributed by atoms with Gasteiger partial charge in [-0.15, -0.1) is 0 Å². The van der Waals surface area contributed by atoms with Gasteiger partial charge in [-0.05, 0) is 32.0 Å². The minimum absolute atomic E-state index is 0.0911. The number of anilines is 2. The summed E-state index contributed by atoms with van der Waals surface area (Å²) in [5.74, 6) is -0.0913. The third-order valence-corrected chi connectivity index (χ3v) is 4.82. The average Bonchev–Trinajstić information content (AvgIpc) is 3.26. The predicted molar refractivity (Wildman–Crippen MR) is 105 cm³/mol. The quantitative estimate of drug-likeness (QED) is 0.710. The number of para-hydroxylation sites is 2. The maximum absolute atomic E-state index is 12.7. The van der Waals surface area contributed by atoms with Gasteiger partial charge in [-0.3, -0.25) is 14.7 Å². The van der Waals surface area contributed by atoms with E-state index in [2.05, 4.69) is 20.5 Å². The topological polar surface area (TPSA) is 100 Å². The summed E-state index contributed by atoms with van der Waals surface area (Å²) in [6.45, 7) is 4.61. The molecular weight excluding hydrogens is 358 g/mol. The molecule has 1 saturated heterocycles. The third-order valence-electron chi connectivity index (χ3n) is 4.82. The lowest BCUT2D eigenvalue weighted by atomic mass is 10.1. The molecule has 3 heterocycles. The van der Waals surface area contributed by atoms with Gasteiger partial charge in [0.25, 0.3) is 0 Å². The third kappa shape index (κ3) is 3.28. The summed E-state index contributed by atoms with van der Waals surface area (Å²) < 4.78 is 5.62. The number of amides is 2. The largest absolute Gasteiger partial charge is 0.492 e. The number of nitrogens with zero attached hydrogens (tertiary/aromatic N) is 3. The molecule has 2 amide bonds. The minimum atomic E-state index is -0.441. The van der Waals surface area contributed by atoms with Crippen molar-refractivity contribution < 1.29 is 14.3 Å². The molecule has 1 aliphatic rings. The Bertz CT molecular complexity index is 1050. The molecule has 0 radical (unpaired) electrons. The van der Waals surface area contributed by atoms with Crippen molar-refractivity contribution in [2.75, 3.05) is 23.4 Å². The molecule has 0 aliphatic carbocycles. The highest BCUT2D eigenvalue weighted by Crippen LogP contribution is 2.33. The zero-order valence-corrected chi connectivity index (χ0v) is 15.7. The number of aromatic amines is 1. The first kappa shape index (κ1) is 18.0. The lowest BCUT2D eigenvalue weighted by molar-refractivity contribution is -0.122. The molecule has 1 atom stereocenters. The number of hydrogen-bond donors (Lipinski definition) is 2. The molecule has 0 spiro atoms. The summed E-state index contributed by atoms with van der Waals surface area (Å²) in [5, 5.41) is 10.7. The van der Waals surface area contributed by atoms with Crippen LogP contribution < -0.4 is 15.0 Å². The van der Waals surface area contributed by atoms with Gasteiger partial charge in [-0.1, -0.05) is 12.1 Å². The molecule has 1 unspecified atom stereocenters. The monoisotopic (exact) mass is 379 g/mol. The van der Waals surface area contributed by atoms with E-state index in [1.165, 1.54) is 0 Å². The van der Waals surface area contributed by atoms with E-state index in [9.17, 15) is 9.59 Å². The van der Waals surface area contributed by atoms with E-state index >= 15 is 0 Å². The van der Waals surface area contributed by atoms with E-state index in [4.69, 9.17) is 4.74 Å². The zero-order valence-electron chi connectivity index (χ0n) is 15.7. The highest BCUT2D eigenvalue weighted by Gasteiger charge is 2.36. The zero-order chi connectivity index (χ0) is 19.7. The van der Waals surface area contributed by atoms with E-state index in [-0.39, 0.29) is 18.2 Å². The number of aryl methyl sites for hydroxylation is 1. The maximum atomic E-state index is 12.7. The Kier molecular flexibility index (Phi) is 4.68. The maximum Gasteiger partial charge on any atom is 0.229 e. The van der Waals surface area contributed by atoms with Crippen LogP contribution in [0.1, 0.15) is 19.0 Å². The molecule has 8 nitrogen and oxygen atoms in total. The molecule has 1 fully saturated rings. The van der Waals surface area contributed by atoms with Gasteiger partial charge in [-0.25, -0.2) is 4.98 Å². The van der Waals surface area contributed by atoms with Crippen molar-refractivity contribution in [1.29, 1.82) is 0 Å². The number of hydrogen-bond acceptors (Lipinski definition) is 5. The summed E-state index contributed by atoms with van der Waals surface area (Å²) >= 11 is 0. The lowest BCUT2D eigenvalue weighted by Gasteiger charge is -2.20. The highest BCUT2D eigenvalue weighted by atomic mass is 16.5. The molecule has 8 heteroatoms. The Morgan fingerprint density at radius 3 is 3.04 bits per heavy atom. The van der Waals surface area contributed by atoms with Crippen LogP contribution in [0.3, 0.4) is 0 Å². The fourth-order valence-corrected chi connectivity index (χ4v) is 3.41. The van der Waals surface area contributed by atoms with Crippen LogP contribution in [0.4, 0.5) is 11.4 Å². The molecule has 28 heavy (non-hydrogen) atoms. The number of pyridine rings is 1. The van der Waals surface area contributed by atoms with Gasteiger partial charge in [0.05, 0.1) is 30.1 Å². The Morgan fingerprint density at radius 1 is 1.39 bits per heavy atom. The van der Waals surface area contributed by atoms with Crippen molar-refractivity contribution >= 4 is 34.2 Å². The molecular formula is C20H21N5O3. The van der Waals surface area contributed by atoms with Crippen molar-refractivity contribution in [3.63, 3.8) is 0 Å². The molecule has 2 N–H and O–H groups in total. The SMILES string of the molecule is CCOc1ccccc1N1CC(C(=O)Nc2cnc3n[nH]c(C)c3c2)CC1=O. The number of aromatic nitrogens is 3. The first-order chi connectivity index (χ1) is 13.6. The van der Waals surface area contributed by atoms with Gasteiger partial charge in [-0.2, -0.15) is 5.10 Å². The van der Waals surface area contributed by atoms with E-state index in [0.29, 0.717) is 35.9 Å². The molecule has 1 aliphatic heterocycles. The van der Waals surface area contributed by atoms with E-state index in [1.807, 2.05) is 44.2 Å². The number of ether oxygens (including phenoxy) is 1. The Hall–Kier alpha value is -3.42. The molecule has 4 rings (SSSR count). The van der Waals surface area contributed by atoms with Crippen molar-refractivity contribution in [2.45, 2.75) is 20.3 Å². The van der Waals surface area contributed by atoms with Gasteiger partial charge in [0.2, 0.25) is 11.8 Å². The van der Waals surface area contributed by atoms with Crippen LogP contribution in [0.25, 0.3) is 11.0 Å². The second-order valence-corrected chi connectivity index (χ2v) is 6.74. The number of H-pyrrole nitrogens is 1. The van der Waals surface area contributed by atoms with Crippen molar-refractivity contribution in [3.05, 3.63) is 42.2 Å². The van der Waals surface area contributed by atoms with E-state index in [1.54, 1.807) is 11.1 Å². The Morgan fingerprint density at radius 2 is 2.21 bits per heavy atom. The fourth-order valence-electron chi connectivity index (χ4n) is 3.41. The molecule has 144 valence electrons. The number of benzene rings is 1. The second-order valence-electron chi connectivity index (χ2n) is 6.74. The first-order valence-corrected chi connectivity index (χ1v) is 9.20. The Labute approximate surface area is 161 Å². The van der Waals surface area contributed by atoms with Crippen molar-refractivity contribution in [3.8, 4) is 5.75 Å². The summed E-state index contributed by atoms with van der Waals surface area (Å²) in [7, 11) is 0. The lowest BCUT2D eigenvalue weighted by Crippen LogP contribution is -2.28. The van der Waals surface area contributed by atoms with Crippen LogP contribution in [0, 0.1) is 12.8 Å². The molecule has 2 aromatic heterocycles. The van der Waals surface area contributed by atoms with Gasteiger partial charge >= 0.3 is 0 Å². The van der Waals surface area contributed by atoms with Crippen LogP contribution in [0.5, 0.6) is 5.75 Å². The standard InChI is InChI=1S/C20H21N5O3/c1-3-28-17-7-5-4-6-16(17)25-11-13(8-18(25)26)20(27)22-14-9-15-12(2)23-24-19(15)21-10-14/h4-7,9-10,13H,3,8,11H2,1-2H3,(H,22,27)(H,21,23,24). The summed E-state index contributed by atoms with van der Waals surface area (Å²) in [5.41, 5.74) is 2.77. The van der Waals surface area contributed by atoms with Gasteiger partial charge < -0.3 is 15.0 Å². The minimum Gasteiger partial charge on any atom is -0.492 e. The van der Waals surface area contributed by atoms with E-state index in [0.717, 1.165) is 11.1 Å². The number of carbonyl (C=O) groups excluding carboxylic acids is 2. The van der Waals surface area contributed by atoms with Crippen molar-refractivity contribution in [1.82, 2.24) is 15.2 Å². The summed E-state index contributed by atoms with van der Waals surface area (Å²) in [6, 6.07) is 9.21. The molecule has 0 bridgehead atoms. The predicted octanol–water partition coefficient (Wildman–Crippen LogP) is 2.66. The van der Waals surface area contributed by atoms with Gasteiger partial charge in [0, 0.05) is 24.0 Å². The number of fused-ring (bicyclic) bond motifs is 1. The fraction of sp³-hybridized carbons (Fsp3) is 0.300. The number of rotatable bonds is 5. The normalized spacial score (nSPS) is 16.6. The summed E-state index contributed by atoms with van der Waals surface area (Å²) in [6.07, 6.45) is 1.73. The summed E-state index contributed by atoms with van der Waals surface area (Å²) in [4.78, 5) is 31.1. The van der Waals surface area contributed by atoms with Gasteiger partial charge in [0.15, 0.2) is 5.65 Å². The number of nitrogens with one attached hydrogen (secondary N) is 2. The van der Waals surface area contributed by atoms with Crippen LogP contribution in [-0.4, -0.2) is 40.1 Å². The van der Waals surface area contributed by atoms with Gasteiger partial charge in [0.1, 0.15) is 5.75 Å². The smallest absolute Gasteiger partial charge is 0.229 e. The number of carbonyl (C=O) groups is 2.